The van der Waals surface area contributed by atoms with Gasteiger partial charge in [-0.15, -0.1) is 0 Å². The normalized spacial score (nSPS) is 23.2. The molecule has 0 saturated heterocycles. The van der Waals surface area contributed by atoms with E-state index in [-0.39, 0.29) is 16.9 Å². The maximum Gasteiger partial charge on any atom is 0.319 e. The molecule has 176 valence electrons. The van der Waals surface area contributed by atoms with E-state index in [1.165, 1.54) is 27.9 Å². The van der Waals surface area contributed by atoms with Crippen LogP contribution in [0.2, 0.25) is 0 Å². The summed E-state index contributed by atoms with van der Waals surface area (Å²) in [7, 11) is 0. The van der Waals surface area contributed by atoms with Gasteiger partial charge >= 0.3 is 6.03 Å². The third-order valence-electron chi connectivity index (χ3n) is 7.99. The summed E-state index contributed by atoms with van der Waals surface area (Å²) in [5.74, 6) is 0. The first kappa shape index (κ1) is 22.5. The molecule has 0 spiro atoms. The summed E-state index contributed by atoms with van der Waals surface area (Å²) < 4.78 is 0. The Morgan fingerprint density at radius 2 is 1.35 bits per heavy atom. The Morgan fingerprint density at radius 1 is 0.853 bits per heavy atom. The first-order valence-corrected chi connectivity index (χ1v) is 12.6. The summed E-state index contributed by atoms with van der Waals surface area (Å²) in [5.41, 5.74) is 7.28. The molecule has 0 fully saturated rings. The van der Waals surface area contributed by atoms with Crippen molar-refractivity contribution in [1.29, 1.82) is 0 Å². The van der Waals surface area contributed by atoms with Gasteiger partial charge in [0.1, 0.15) is 0 Å². The molecule has 2 aliphatic rings. The molecule has 0 aromatic heterocycles. The molecule has 0 aliphatic carbocycles. The van der Waals surface area contributed by atoms with Gasteiger partial charge in [-0.3, -0.25) is 0 Å². The zero-order valence-electron chi connectivity index (χ0n) is 20.5. The quantitative estimate of drug-likeness (QED) is 0.467. The number of carbonyl (C=O) groups excluding carboxylic acids is 1. The third-order valence-corrected chi connectivity index (χ3v) is 7.99. The molecule has 2 aliphatic heterocycles. The summed E-state index contributed by atoms with van der Waals surface area (Å²) >= 11 is 0. The molecule has 0 unspecified atom stereocenters. The monoisotopic (exact) mass is 453 g/mol. The second-order valence-electron chi connectivity index (χ2n) is 10.2. The van der Waals surface area contributed by atoms with E-state index in [4.69, 9.17) is 0 Å². The third kappa shape index (κ3) is 3.75. The van der Waals surface area contributed by atoms with E-state index in [0.717, 1.165) is 38.0 Å². The second kappa shape index (κ2) is 8.83. The summed E-state index contributed by atoms with van der Waals surface area (Å²) in [4.78, 5) is 15.2. The lowest BCUT2D eigenvalue weighted by Gasteiger charge is -2.50. The molecule has 2 atom stereocenters. The highest BCUT2D eigenvalue weighted by Crippen LogP contribution is 2.54. The Balaban J connectivity index is 1.71. The van der Waals surface area contributed by atoms with E-state index in [2.05, 4.69) is 109 Å². The van der Waals surface area contributed by atoms with E-state index in [1.807, 2.05) is 0 Å². The molecule has 0 bridgehead atoms. The molecule has 2 heterocycles. The molecular formula is C30H35N3O. The second-order valence-corrected chi connectivity index (χ2v) is 10.2. The number of carbonyl (C=O) groups is 1. The fourth-order valence-corrected chi connectivity index (χ4v) is 5.84. The van der Waals surface area contributed by atoms with E-state index in [0.29, 0.717) is 6.54 Å². The summed E-state index contributed by atoms with van der Waals surface area (Å²) in [6.45, 7) is 9.55. The highest BCUT2D eigenvalue weighted by molar-refractivity contribution is 5.90. The number of rotatable bonds is 5. The Labute approximate surface area is 203 Å². The highest BCUT2D eigenvalue weighted by atomic mass is 16.2. The van der Waals surface area contributed by atoms with Crippen LogP contribution in [-0.2, 0) is 10.8 Å². The Morgan fingerprint density at radius 3 is 1.82 bits per heavy atom. The molecule has 2 N–H and O–H groups in total. The zero-order chi connectivity index (χ0) is 23.8. The number of hydrogen-bond acceptors (Lipinski definition) is 2. The molecule has 5 rings (SSSR count). The lowest BCUT2D eigenvalue weighted by Crippen LogP contribution is -2.47. The van der Waals surface area contributed by atoms with E-state index in [1.54, 1.807) is 0 Å². The molecule has 3 aromatic carbocycles. The standard InChI is InChI=1S/C30H35N3O/c1-4-17-31-28(34)32-24-20-25-27-26(21-24)30(3,23-13-9-6-10-14-23)16-19-33(27)18-15-29(25,2)22-11-7-5-8-12-22/h5-14,20-21H,4,15-19H2,1-3H3,(H2,31,32,34)/t29-,30-/m0/s1. The number of urea groups is 1. The van der Waals surface area contributed by atoms with Crippen molar-refractivity contribution < 1.29 is 4.79 Å². The molecule has 34 heavy (non-hydrogen) atoms. The van der Waals surface area contributed by atoms with Gasteiger partial charge in [-0.05, 0) is 53.6 Å². The number of benzene rings is 3. The lowest BCUT2D eigenvalue weighted by molar-refractivity contribution is 0.252. The number of anilines is 2. The number of nitrogens with zero attached hydrogens (tertiary/aromatic N) is 1. The molecule has 0 saturated carbocycles. The van der Waals surface area contributed by atoms with Crippen LogP contribution in [0.5, 0.6) is 0 Å². The zero-order valence-corrected chi connectivity index (χ0v) is 20.5. The van der Waals surface area contributed by atoms with Crippen molar-refractivity contribution in [2.75, 3.05) is 29.9 Å². The number of hydrogen-bond donors (Lipinski definition) is 2. The molecule has 0 radical (unpaired) electrons. The minimum Gasteiger partial charge on any atom is -0.371 e. The van der Waals surface area contributed by atoms with Crippen molar-refractivity contribution in [3.05, 3.63) is 95.1 Å². The average Bonchev–Trinajstić information content (AvgIpc) is 2.87. The van der Waals surface area contributed by atoms with Crippen LogP contribution in [0.3, 0.4) is 0 Å². The maximum absolute atomic E-state index is 12.6. The van der Waals surface area contributed by atoms with Crippen molar-refractivity contribution in [1.82, 2.24) is 5.32 Å². The van der Waals surface area contributed by atoms with Crippen LogP contribution in [0.1, 0.15) is 62.3 Å². The number of nitrogens with one attached hydrogen (secondary N) is 2. The Hall–Kier alpha value is -3.27. The average molecular weight is 454 g/mol. The van der Waals surface area contributed by atoms with Crippen LogP contribution < -0.4 is 15.5 Å². The van der Waals surface area contributed by atoms with Gasteiger partial charge in [0.25, 0.3) is 0 Å². The minimum atomic E-state index is -0.139. The van der Waals surface area contributed by atoms with E-state index >= 15 is 0 Å². The van der Waals surface area contributed by atoms with Gasteiger partial charge < -0.3 is 15.5 Å². The summed E-state index contributed by atoms with van der Waals surface area (Å²) in [5, 5.41) is 6.12. The first-order valence-electron chi connectivity index (χ1n) is 12.6. The van der Waals surface area contributed by atoms with Gasteiger partial charge in [0.2, 0.25) is 0 Å². The van der Waals surface area contributed by atoms with Crippen molar-refractivity contribution in [3.8, 4) is 0 Å². The lowest BCUT2D eigenvalue weighted by atomic mass is 9.64. The van der Waals surface area contributed by atoms with Crippen LogP contribution in [-0.4, -0.2) is 25.7 Å². The topological polar surface area (TPSA) is 44.4 Å². The fourth-order valence-electron chi connectivity index (χ4n) is 5.84. The van der Waals surface area contributed by atoms with Crippen LogP contribution >= 0.6 is 0 Å². The predicted molar refractivity (Wildman–Crippen MR) is 141 cm³/mol. The predicted octanol–water partition coefficient (Wildman–Crippen LogP) is 6.44. The molecule has 2 amide bonds. The van der Waals surface area contributed by atoms with Crippen molar-refractivity contribution in [3.63, 3.8) is 0 Å². The molecule has 4 heteroatoms. The van der Waals surface area contributed by atoms with Gasteiger partial charge in [-0.1, -0.05) is 81.4 Å². The highest BCUT2D eigenvalue weighted by Gasteiger charge is 2.45. The van der Waals surface area contributed by atoms with Gasteiger partial charge in [0.15, 0.2) is 0 Å². The largest absolute Gasteiger partial charge is 0.371 e. The van der Waals surface area contributed by atoms with Gasteiger partial charge in [-0.2, -0.15) is 0 Å². The fraction of sp³-hybridized carbons (Fsp3) is 0.367. The van der Waals surface area contributed by atoms with Gasteiger partial charge in [-0.25, -0.2) is 4.79 Å². The maximum atomic E-state index is 12.6. The molecule has 3 aromatic rings. The van der Waals surface area contributed by atoms with Crippen molar-refractivity contribution in [2.24, 2.45) is 0 Å². The van der Waals surface area contributed by atoms with E-state index < -0.39 is 0 Å². The van der Waals surface area contributed by atoms with Crippen molar-refractivity contribution in [2.45, 2.75) is 50.9 Å². The molecule has 4 nitrogen and oxygen atoms in total. The van der Waals surface area contributed by atoms with Crippen molar-refractivity contribution >= 4 is 17.4 Å². The minimum absolute atomic E-state index is 0.117. The smallest absolute Gasteiger partial charge is 0.319 e. The summed E-state index contributed by atoms with van der Waals surface area (Å²) in [6.07, 6.45) is 3.02. The van der Waals surface area contributed by atoms with Gasteiger partial charge in [0, 0.05) is 41.8 Å². The van der Waals surface area contributed by atoms with Crippen LogP contribution in [0, 0.1) is 0 Å². The van der Waals surface area contributed by atoms with Crippen LogP contribution in [0.4, 0.5) is 16.2 Å². The number of amides is 2. The Bertz CT molecular complexity index is 1100. The van der Waals surface area contributed by atoms with Crippen LogP contribution in [0.25, 0.3) is 0 Å². The Kier molecular flexibility index (Phi) is 5.85. The van der Waals surface area contributed by atoms with E-state index in [9.17, 15) is 4.79 Å². The molecular weight excluding hydrogens is 418 g/mol. The first-order chi connectivity index (χ1) is 16.5. The van der Waals surface area contributed by atoms with Crippen LogP contribution in [0.15, 0.2) is 72.8 Å². The van der Waals surface area contributed by atoms with Gasteiger partial charge in [0.05, 0.1) is 0 Å². The SMILES string of the molecule is CCCNC(=O)Nc1cc2c3c(c1)[C@](C)(c1ccccc1)CCN3CC[C@@]2(C)c1ccccc1. The summed E-state index contributed by atoms with van der Waals surface area (Å²) in [6, 6.07) is 26.0.